The van der Waals surface area contributed by atoms with Crippen LogP contribution in [0, 0.1) is 6.92 Å². The van der Waals surface area contributed by atoms with E-state index in [9.17, 15) is 4.79 Å². The molecule has 1 saturated carbocycles. The Morgan fingerprint density at radius 1 is 1.04 bits per heavy atom. The number of hydrogen-bond acceptors (Lipinski definition) is 3. The molecule has 1 aliphatic rings. The molecule has 0 radical (unpaired) electrons. The van der Waals surface area contributed by atoms with E-state index in [1.54, 1.807) is 9.36 Å². The first-order chi connectivity index (χ1) is 13.7. The van der Waals surface area contributed by atoms with Crippen molar-refractivity contribution in [1.29, 1.82) is 0 Å². The fourth-order valence-electron chi connectivity index (χ4n) is 3.77. The Balaban J connectivity index is 1.65. The van der Waals surface area contributed by atoms with Crippen LogP contribution in [0.1, 0.15) is 35.6 Å². The number of para-hydroxylation sites is 1. The zero-order chi connectivity index (χ0) is 19.1. The molecule has 140 valence electrons. The van der Waals surface area contributed by atoms with E-state index in [1.807, 2.05) is 55.6 Å². The van der Waals surface area contributed by atoms with Crippen LogP contribution >= 0.6 is 0 Å². The Morgan fingerprint density at radius 3 is 2.54 bits per heavy atom. The normalized spacial score (nSPS) is 13.9. The van der Waals surface area contributed by atoms with Gasteiger partial charge in [-0.15, -0.1) is 0 Å². The van der Waals surface area contributed by atoms with Gasteiger partial charge in [-0.1, -0.05) is 48.5 Å². The largest absolute Gasteiger partial charge is 0.293 e. The van der Waals surface area contributed by atoms with Gasteiger partial charge in [-0.2, -0.15) is 10.2 Å². The molecular weight excluding hydrogens is 348 g/mol. The van der Waals surface area contributed by atoms with Crippen LogP contribution in [0.5, 0.6) is 0 Å². The highest BCUT2D eigenvalue weighted by Crippen LogP contribution is 2.41. The summed E-state index contributed by atoms with van der Waals surface area (Å²) in [7, 11) is 0. The third-order valence-electron chi connectivity index (χ3n) is 5.47. The van der Waals surface area contributed by atoms with E-state index < -0.39 is 0 Å². The molecule has 2 aromatic heterocycles. The summed E-state index contributed by atoms with van der Waals surface area (Å²) in [6.07, 6.45) is 4.86. The van der Waals surface area contributed by atoms with Gasteiger partial charge in [0.15, 0.2) is 0 Å². The van der Waals surface area contributed by atoms with Crippen LogP contribution in [0.4, 0.5) is 0 Å². The Hall–Kier alpha value is -3.21. The Kier molecular flexibility index (Phi) is 4.08. The summed E-state index contributed by atoms with van der Waals surface area (Å²) in [6, 6.07) is 18.3. The topological polar surface area (TPSA) is 52.7 Å². The van der Waals surface area contributed by atoms with Crippen molar-refractivity contribution in [2.75, 3.05) is 0 Å². The summed E-state index contributed by atoms with van der Waals surface area (Å²) in [5.41, 5.74) is 4.82. The summed E-state index contributed by atoms with van der Waals surface area (Å²) in [5, 5.41) is 10.2. The third-order valence-corrected chi connectivity index (χ3v) is 5.47. The quantitative estimate of drug-likeness (QED) is 0.533. The lowest BCUT2D eigenvalue weighted by atomic mass is 10.1. The number of hydrogen-bond donors (Lipinski definition) is 0. The van der Waals surface area contributed by atoms with Crippen molar-refractivity contribution < 1.29 is 0 Å². The highest BCUT2D eigenvalue weighted by Gasteiger charge is 2.30. The van der Waals surface area contributed by atoms with Crippen LogP contribution in [-0.4, -0.2) is 19.6 Å². The van der Waals surface area contributed by atoms with E-state index in [4.69, 9.17) is 5.10 Å². The molecule has 0 bridgehead atoms. The van der Waals surface area contributed by atoms with Gasteiger partial charge in [-0.25, -0.2) is 9.36 Å². The molecule has 0 spiro atoms. The van der Waals surface area contributed by atoms with Gasteiger partial charge in [0.1, 0.15) is 5.52 Å². The average Bonchev–Trinajstić information content (AvgIpc) is 3.47. The summed E-state index contributed by atoms with van der Waals surface area (Å²) < 4.78 is 3.43. The van der Waals surface area contributed by atoms with E-state index in [-0.39, 0.29) is 5.56 Å². The van der Waals surface area contributed by atoms with Gasteiger partial charge in [0, 0.05) is 17.8 Å². The molecule has 4 aromatic rings. The maximum Gasteiger partial charge on any atom is 0.293 e. The Labute approximate surface area is 163 Å². The van der Waals surface area contributed by atoms with Crippen molar-refractivity contribution in [2.24, 2.45) is 0 Å². The fraction of sp³-hybridized carbons (Fsp3) is 0.261. The molecule has 0 amide bonds. The lowest BCUT2D eigenvalue weighted by molar-refractivity contribution is 0.570. The third kappa shape index (κ3) is 2.93. The van der Waals surface area contributed by atoms with Gasteiger partial charge in [-0.3, -0.25) is 4.79 Å². The summed E-state index contributed by atoms with van der Waals surface area (Å²) >= 11 is 0. The zero-order valence-corrected chi connectivity index (χ0v) is 15.9. The van der Waals surface area contributed by atoms with Crippen molar-refractivity contribution in [1.82, 2.24) is 19.6 Å². The molecule has 0 N–H and O–H groups in total. The predicted octanol–water partition coefficient (Wildman–Crippen LogP) is 4.01. The van der Waals surface area contributed by atoms with Crippen molar-refractivity contribution in [3.8, 4) is 5.69 Å². The zero-order valence-electron chi connectivity index (χ0n) is 15.9. The summed E-state index contributed by atoms with van der Waals surface area (Å²) in [4.78, 5) is 13.4. The molecule has 0 unspecified atom stereocenters. The minimum absolute atomic E-state index is 0.0731. The minimum Gasteiger partial charge on any atom is -0.265 e. The van der Waals surface area contributed by atoms with Crippen molar-refractivity contribution >= 4 is 10.9 Å². The number of benzene rings is 2. The van der Waals surface area contributed by atoms with Crippen LogP contribution in [0.3, 0.4) is 0 Å². The highest BCUT2D eigenvalue weighted by atomic mass is 16.1. The predicted molar refractivity (Wildman–Crippen MR) is 110 cm³/mol. The van der Waals surface area contributed by atoms with Crippen molar-refractivity contribution in [3.05, 3.63) is 88.0 Å². The standard InChI is InChI=1S/C23H22N4O/c1-16-7-5-6-10-20(16)27-22-19(15-24-27)21(18-11-12-18)25-26(23(22)28)14-13-17-8-3-2-4-9-17/h2-10,15,18H,11-14H2,1H3. The molecule has 2 aromatic carbocycles. The van der Waals surface area contributed by atoms with Gasteiger partial charge in [0.25, 0.3) is 5.56 Å². The van der Waals surface area contributed by atoms with E-state index >= 15 is 0 Å². The molecule has 5 rings (SSSR count). The van der Waals surface area contributed by atoms with Gasteiger partial charge in [-0.05, 0) is 43.4 Å². The van der Waals surface area contributed by atoms with E-state index in [0.29, 0.717) is 18.0 Å². The molecular formula is C23H22N4O. The van der Waals surface area contributed by atoms with E-state index in [0.717, 1.165) is 41.6 Å². The lowest BCUT2D eigenvalue weighted by Crippen LogP contribution is -2.27. The minimum atomic E-state index is -0.0731. The monoisotopic (exact) mass is 370 g/mol. The second-order valence-electron chi connectivity index (χ2n) is 7.53. The molecule has 1 fully saturated rings. The number of fused-ring (bicyclic) bond motifs is 1. The number of rotatable bonds is 5. The van der Waals surface area contributed by atoms with Gasteiger partial charge < -0.3 is 0 Å². The maximum absolute atomic E-state index is 13.4. The van der Waals surface area contributed by atoms with Gasteiger partial charge in [0.05, 0.1) is 17.6 Å². The number of aryl methyl sites for hydroxylation is 3. The first-order valence-corrected chi connectivity index (χ1v) is 9.81. The van der Waals surface area contributed by atoms with Crippen LogP contribution in [-0.2, 0) is 13.0 Å². The fourth-order valence-corrected chi connectivity index (χ4v) is 3.77. The van der Waals surface area contributed by atoms with Gasteiger partial charge >= 0.3 is 0 Å². The van der Waals surface area contributed by atoms with Crippen molar-refractivity contribution in [2.45, 2.75) is 38.6 Å². The number of aromatic nitrogens is 4. The molecule has 5 heteroatoms. The molecule has 28 heavy (non-hydrogen) atoms. The summed E-state index contributed by atoms with van der Waals surface area (Å²) in [6.45, 7) is 2.61. The van der Waals surface area contributed by atoms with Crippen LogP contribution in [0.25, 0.3) is 16.6 Å². The van der Waals surface area contributed by atoms with E-state index in [2.05, 4.69) is 17.2 Å². The lowest BCUT2D eigenvalue weighted by Gasteiger charge is -2.11. The maximum atomic E-state index is 13.4. The molecule has 0 aliphatic heterocycles. The molecule has 1 aliphatic carbocycles. The first kappa shape index (κ1) is 16.9. The van der Waals surface area contributed by atoms with Crippen LogP contribution in [0.2, 0.25) is 0 Å². The molecule has 5 nitrogen and oxygen atoms in total. The second kappa shape index (κ2) is 6.75. The van der Waals surface area contributed by atoms with Crippen LogP contribution in [0.15, 0.2) is 65.6 Å². The SMILES string of the molecule is Cc1ccccc1-n1ncc2c(C3CC3)nn(CCc3ccccc3)c(=O)c21. The average molecular weight is 370 g/mol. The second-order valence-corrected chi connectivity index (χ2v) is 7.53. The van der Waals surface area contributed by atoms with Crippen LogP contribution < -0.4 is 5.56 Å². The van der Waals surface area contributed by atoms with Gasteiger partial charge in [0.2, 0.25) is 0 Å². The molecule has 0 saturated heterocycles. The van der Waals surface area contributed by atoms with Crippen molar-refractivity contribution in [3.63, 3.8) is 0 Å². The number of nitrogens with zero attached hydrogens (tertiary/aromatic N) is 4. The Bertz CT molecular complexity index is 1200. The van der Waals surface area contributed by atoms with E-state index in [1.165, 1.54) is 5.56 Å². The molecule has 2 heterocycles. The first-order valence-electron chi connectivity index (χ1n) is 9.81. The summed E-state index contributed by atoms with van der Waals surface area (Å²) in [5.74, 6) is 0.445. The smallest absolute Gasteiger partial charge is 0.265 e. The highest BCUT2D eigenvalue weighted by molar-refractivity contribution is 5.82. The molecule has 0 atom stereocenters. The Morgan fingerprint density at radius 2 is 1.79 bits per heavy atom.